The maximum atomic E-state index is 5.68. The van der Waals surface area contributed by atoms with Crippen molar-refractivity contribution in [1.82, 2.24) is 19.9 Å². The highest BCUT2D eigenvalue weighted by Gasteiger charge is 2.26. The van der Waals surface area contributed by atoms with Gasteiger partial charge in [0.05, 0.1) is 12.4 Å². The van der Waals surface area contributed by atoms with E-state index >= 15 is 0 Å². The molecule has 0 spiro atoms. The zero-order chi connectivity index (χ0) is 13.2. The van der Waals surface area contributed by atoms with E-state index in [1.165, 1.54) is 0 Å². The van der Waals surface area contributed by atoms with Gasteiger partial charge in [0.2, 0.25) is 5.95 Å². The number of rotatable bonds is 4. The van der Waals surface area contributed by atoms with Crippen LogP contribution in [0.3, 0.4) is 0 Å². The summed E-state index contributed by atoms with van der Waals surface area (Å²) in [5.41, 5.74) is 7.06. The van der Waals surface area contributed by atoms with Crippen molar-refractivity contribution in [2.45, 2.75) is 25.9 Å². The molecule has 0 bridgehead atoms. The highest BCUT2D eigenvalue weighted by atomic mass is 16.5. The van der Waals surface area contributed by atoms with Gasteiger partial charge in [0.1, 0.15) is 5.52 Å². The second-order valence-corrected chi connectivity index (χ2v) is 4.78. The Morgan fingerprint density at radius 2 is 2.42 bits per heavy atom. The zero-order valence-corrected chi connectivity index (χ0v) is 10.9. The van der Waals surface area contributed by atoms with E-state index in [0.717, 1.165) is 31.5 Å². The maximum Gasteiger partial charge on any atom is 0.224 e. The first-order chi connectivity index (χ1) is 9.28. The van der Waals surface area contributed by atoms with Gasteiger partial charge in [-0.15, -0.1) is 0 Å². The molecule has 2 aromatic rings. The van der Waals surface area contributed by atoms with Crippen LogP contribution in [-0.4, -0.2) is 39.2 Å². The lowest BCUT2D eigenvalue weighted by atomic mass is 10.00. The lowest BCUT2D eigenvalue weighted by molar-refractivity contribution is 0.0900. The number of aromatic amines is 1. The van der Waals surface area contributed by atoms with Crippen LogP contribution in [0.4, 0.5) is 11.8 Å². The number of imidazole rings is 1. The molecular formula is C12H18N6O. The molecule has 2 unspecified atom stereocenters. The van der Waals surface area contributed by atoms with E-state index in [0.29, 0.717) is 23.5 Å². The topological polar surface area (TPSA) is 102 Å². The highest BCUT2D eigenvalue weighted by molar-refractivity contribution is 5.83. The number of nitrogens with one attached hydrogen (secondary N) is 2. The molecule has 0 saturated carbocycles. The number of H-pyrrole nitrogens is 1. The van der Waals surface area contributed by atoms with Crippen molar-refractivity contribution in [2.24, 2.45) is 5.92 Å². The number of nitrogens with zero attached hydrogens (tertiary/aromatic N) is 3. The molecule has 2 atom stereocenters. The number of anilines is 2. The van der Waals surface area contributed by atoms with Gasteiger partial charge in [-0.05, 0) is 12.8 Å². The van der Waals surface area contributed by atoms with Crippen molar-refractivity contribution >= 4 is 22.9 Å². The third-order valence-electron chi connectivity index (χ3n) is 3.58. The largest absolute Gasteiger partial charge is 0.378 e. The summed E-state index contributed by atoms with van der Waals surface area (Å²) in [5, 5.41) is 3.34. The Morgan fingerprint density at radius 1 is 1.53 bits per heavy atom. The Kier molecular flexibility index (Phi) is 3.20. The Hall–Kier alpha value is -1.89. The van der Waals surface area contributed by atoms with Gasteiger partial charge in [-0.3, -0.25) is 0 Å². The van der Waals surface area contributed by atoms with Gasteiger partial charge < -0.3 is 20.8 Å². The van der Waals surface area contributed by atoms with Crippen LogP contribution in [0.1, 0.15) is 19.8 Å². The van der Waals surface area contributed by atoms with Gasteiger partial charge in [-0.1, -0.05) is 6.92 Å². The standard InChI is InChI=1S/C12H18N6O/c1-2-8-7(3-4-19-8)5-14-10-9-11(16-6-15-9)18-12(13)17-10/h6-8H,2-5H2,1H3,(H4,13,14,15,16,17,18). The minimum absolute atomic E-state index is 0.233. The van der Waals surface area contributed by atoms with E-state index in [4.69, 9.17) is 10.5 Å². The van der Waals surface area contributed by atoms with Gasteiger partial charge in [-0.25, -0.2) is 4.98 Å². The fraction of sp³-hybridized carbons (Fsp3) is 0.583. The Balaban J connectivity index is 1.76. The van der Waals surface area contributed by atoms with Gasteiger partial charge >= 0.3 is 0 Å². The predicted molar refractivity (Wildman–Crippen MR) is 72.7 cm³/mol. The summed E-state index contributed by atoms with van der Waals surface area (Å²) in [6, 6.07) is 0. The number of nitrogen functional groups attached to an aromatic ring is 1. The highest BCUT2D eigenvalue weighted by Crippen LogP contribution is 2.25. The summed E-state index contributed by atoms with van der Waals surface area (Å²) in [7, 11) is 0. The van der Waals surface area contributed by atoms with Gasteiger partial charge in [0.25, 0.3) is 0 Å². The fourth-order valence-electron chi connectivity index (χ4n) is 2.58. The van der Waals surface area contributed by atoms with Crippen molar-refractivity contribution in [3.05, 3.63) is 6.33 Å². The van der Waals surface area contributed by atoms with Crippen molar-refractivity contribution in [3.8, 4) is 0 Å². The zero-order valence-electron chi connectivity index (χ0n) is 10.9. The number of hydrogen-bond acceptors (Lipinski definition) is 6. The quantitative estimate of drug-likeness (QED) is 0.764. The summed E-state index contributed by atoms with van der Waals surface area (Å²) in [6.07, 6.45) is 4.05. The summed E-state index contributed by atoms with van der Waals surface area (Å²) < 4.78 is 5.68. The molecule has 19 heavy (non-hydrogen) atoms. The molecule has 0 radical (unpaired) electrons. The summed E-state index contributed by atoms with van der Waals surface area (Å²) >= 11 is 0. The molecule has 3 heterocycles. The first-order valence-corrected chi connectivity index (χ1v) is 6.60. The molecule has 1 aliphatic heterocycles. The van der Waals surface area contributed by atoms with Gasteiger partial charge in [-0.2, -0.15) is 9.97 Å². The monoisotopic (exact) mass is 262 g/mol. The van der Waals surface area contributed by atoms with Crippen LogP contribution in [0.15, 0.2) is 6.33 Å². The molecule has 2 aromatic heterocycles. The fourth-order valence-corrected chi connectivity index (χ4v) is 2.58. The second-order valence-electron chi connectivity index (χ2n) is 4.78. The molecule has 7 nitrogen and oxygen atoms in total. The van der Waals surface area contributed by atoms with Crippen LogP contribution in [-0.2, 0) is 4.74 Å². The summed E-state index contributed by atoms with van der Waals surface area (Å²) in [6.45, 7) is 3.82. The van der Waals surface area contributed by atoms with E-state index in [1.54, 1.807) is 6.33 Å². The summed E-state index contributed by atoms with van der Waals surface area (Å²) in [4.78, 5) is 15.4. The van der Waals surface area contributed by atoms with Crippen LogP contribution in [0.25, 0.3) is 11.2 Å². The van der Waals surface area contributed by atoms with Crippen molar-refractivity contribution in [1.29, 1.82) is 0 Å². The smallest absolute Gasteiger partial charge is 0.224 e. The van der Waals surface area contributed by atoms with Gasteiger partial charge in [0, 0.05) is 19.1 Å². The number of nitrogens with two attached hydrogens (primary N) is 1. The maximum absolute atomic E-state index is 5.68. The third-order valence-corrected chi connectivity index (χ3v) is 3.58. The molecule has 0 aliphatic carbocycles. The van der Waals surface area contributed by atoms with E-state index in [-0.39, 0.29) is 5.95 Å². The molecule has 3 rings (SSSR count). The molecule has 0 amide bonds. The van der Waals surface area contributed by atoms with Gasteiger partial charge in [0.15, 0.2) is 11.5 Å². The van der Waals surface area contributed by atoms with Crippen molar-refractivity contribution in [3.63, 3.8) is 0 Å². The molecule has 1 aliphatic rings. The minimum atomic E-state index is 0.233. The SMILES string of the molecule is CCC1OCCC1CNc1nc(N)nc2nc[nH]c12. The van der Waals surface area contributed by atoms with E-state index in [1.807, 2.05) is 0 Å². The van der Waals surface area contributed by atoms with Crippen LogP contribution in [0.2, 0.25) is 0 Å². The van der Waals surface area contributed by atoms with Crippen LogP contribution < -0.4 is 11.1 Å². The minimum Gasteiger partial charge on any atom is -0.378 e. The summed E-state index contributed by atoms with van der Waals surface area (Å²) in [5.74, 6) is 1.46. The first-order valence-electron chi connectivity index (χ1n) is 6.60. The Bertz CT molecular complexity index is 568. The first kappa shape index (κ1) is 12.2. The van der Waals surface area contributed by atoms with Crippen LogP contribution >= 0.6 is 0 Å². The predicted octanol–water partition coefficient (Wildman–Crippen LogP) is 1.16. The van der Waals surface area contributed by atoms with E-state index in [2.05, 4.69) is 32.2 Å². The lowest BCUT2D eigenvalue weighted by Crippen LogP contribution is -2.23. The molecule has 4 N–H and O–H groups in total. The number of ether oxygens (including phenoxy) is 1. The normalized spacial score (nSPS) is 23.0. The number of hydrogen-bond donors (Lipinski definition) is 3. The van der Waals surface area contributed by atoms with E-state index in [9.17, 15) is 0 Å². The van der Waals surface area contributed by atoms with Crippen LogP contribution in [0, 0.1) is 5.92 Å². The Labute approximate surface area is 111 Å². The molecule has 0 aromatic carbocycles. The number of aromatic nitrogens is 4. The second kappa shape index (κ2) is 5.00. The average Bonchev–Trinajstić information content (AvgIpc) is 3.03. The molecule has 7 heteroatoms. The van der Waals surface area contributed by atoms with Crippen molar-refractivity contribution < 1.29 is 4.74 Å². The van der Waals surface area contributed by atoms with E-state index < -0.39 is 0 Å². The third kappa shape index (κ3) is 2.33. The number of fused-ring (bicyclic) bond motifs is 1. The molecule has 102 valence electrons. The molecule has 1 fully saturated rings. The molecular weight excluding hydrogens is 244 g/mol. The van der Waals surface area contributed by atoms with Crippen molar-refractivity contribution in [2.75, 3.05) is 24.2 Å². The van der Waals surface area contributed by atoms with Crippen LogP contribution in [0.5, 0.6) is 0 Å². The average molecular weight is 262 g/mol. The molecule has 1 saturated heterocycles. The lowest BCUT2D eigenvalue weighted by Gasteiger charge is -2.17. The Morgan fingerprint density at radius 3 is 3.26 bits per heavy atom.